The first kappa shape index (κ1) is 25.9. The zero-order chi connectivity index (χ0) is 25.2. The Morgan fingerprint density at radius 3 is 2.06 bits per heavy atom. The summed E-state index contributed by atoms with van der Waals surface area (Å²) in [7, 11) is 0. The molecule has 2 saturated heterocycles. The fourth-order valence-electron chi connectivity index (χ4n) is 4.76. The van der Waals surface area contributed by atoms with Crippen molar-refractivity contribution in [1.29, 1.82) is 0 Å². The van der Waals surface area contributed by atoms with Crippen molar-refractivity contribution < 1.29 is 40.6 Å². The first-order chi connectivity index (χ1) is 16.5. The van der Waals surface area contributed by atoms with Gasteiger partial charge in [0.05, 0.1) is 43.0 Å². The third kappa shape index (κ3) is 6.17. The Morgan fingerprint density at radius 1 is 0.886 bits per heavy atom. The number of nitrogens with zero attached hydrogens (tertiary/aromatic N) is 1. The second-order valence-electron chi connectivity index (χ2n) is 8.80. The largest absolute Gasteiger partial charge is 0.416 e. The van der Waals surface area contributed by atoms with Gasteiger partial charge in [0.2, 0.25) is 0 Å². The van der Waals surface area contributed by atoms with E-state index in [0.717, 1.165) is 25.1 Å². The van der Waals surface area contributed by atoms with Gasteiger partial charge in [-0.25, -0.2) is 0 Å². The zero-order valence-corrected chi connectivity index (χ0v) is 19.1. The topological polar surface area (TPSA) is 30.9 Å². The van der Waals surface area contributed by atoms with E-state index in [0.29, 0.717) is 32.0 Å². The maximum absolute atomic E-state index is 13.4. The van der Waals surface area contributed by atoms with Gasteiger partial charge in [-0.3, -0.25) is 4.90 Å². The minimum atomic E-state index is -4.93. The molecule has 10 heteroatoms. The molecule has 2 fully saturated rings. The monoisotopic (exact) mass is 503 g/mol. The number of alkyl halides is 6. The van der Waals surface area contributed by atoms with E-state index in [4.69, 9.17) is 14.2 Å². The van der Waals surface area contributed by atoms with Crippen molar-refractivity contribution in [3.05, 3.63) is 70.8 Å². The van der Waals surface area contributed by atoms with Crippen LogP contribution in [-0.4, -0.2) is 50.1 Å². The third-order valence-corrected chi connectivity index (χ3v) is 6.52. The van der Waals surface area contributed by atoms with Crippen molar-refractivity contribution in [3.8, 4) is 0 Å². The summed E-state index contributed by atoms with van der Waals surface area (Å²) in [5, 5.41) is 0. The summed E-state index contributed by atoms with van der Waals surface area (Å²) in [5.74, 6) is -0.279. The van der Waals surface area contributed by atoms with Gasteiger partial charge in [0.15, 0.2) is 6.29 Å². The van der Waals surface area contributed by atoms with Gasteiger partial charge in [0.25, 0.3) is 0 Å². The molecule has 4 rings (SSSR count). The molecule has 2 aliphatic rings. The average molecular weight is 503 g/mol. The molecule has 0 N–H and O–H groups in total. The van der Waals surface area contributed by atoms with Crippen molar-refractivity contribution in [2.75, 3.05) is 32.9 Å². The molecule has 0 spiro atoms. The van der Waals surface area contributed by atoms with Gasteiger partial charge >= 0.3 is 12.4 Å². The van der Waals surface area contributed by atoms with Crippen LogP contribution in [0, 0.1) is 0 Å². The standard InChI is InChI=1S/C25H27F6NO3/c1-16(18-13-19(24(26,27)28)15-20(14-18)25(29,30)31)35-23-22(17-5-3-2-4-6-17)21(7-10-34-23)32-8-11-33-12-9-32/h2-6,13-16,21-23H,7-12H2,1H3/t16?,21-,22-,23?/m1/s1. The van der Waals surface area contributed by atoms with E-state index in [1.54, 1.807) is 0 Å². The summed E-state index contributed by atoms with van der Waals surface area (Å²) >= 11 is 0. The van der Waals surface area contributed by atoms with Gasteiger partial charge in [0, 0.05) is 19.1 Å². The highest BCUT2D eigenvalue weighted by Gasteiger charge is 2.41. The van der Waals surface area contributed by atoms with Gasteiger partial charge in [0.1, 0.15) is 0 Å². The molecule has 0 saturated carbocycles. The predicted octanol–water partition coefficient (Wildman–Crippen LogP) is 6.03. The summed E-state index contributed by atoms with van der Waals surface area (Å²) in [6.07, 6.45) is -11.1. The molecule has 0 aliphatic carbocycles. The summed E-state index contributed by atoms with van der Waals surface area (Å²) in [4.78, 5) is 2.29. The smallest absolute Gasteiger partial charge is 0.379 e. The van der Waals surface area contributed by atoms with Gasteiger partial charge in [-0.1, -0.05) is 30.3 Å². The number of benzene rings is 2. The first-order valence-corrected chi connectivity index (χ1v) is 11.5. The average Bonchev–Trinajstić information content (AvgIpc) is 2.83. The van der Waals surface area contributed by atoms with Crippen LogP contribution in [0.1, 0.15) is 47.6 Å². The molecule has 192 valence electrons. The number of halogens is 6. The molecule has 2 aromatic carbocycles. The minimum Gasteiger partial charge on any atom is -0.379 e. The molecule has 4 atom stereocenters. The van der Waals surface area contributed by atoms with Crippen molar-refractivity contribution in [2.45, 2.75) is 50.1 Å². The van der Waals surface area contributed by atoms with Crippen LogP contribution in [0.2, 0.25) is 0 Å². The summed E-state index contributed by atoms with van der Waals surface area (Å²) < 4.78 is 97.6. The van der Waals surface area contributed by atoms with E-state index in [1.807, 2.05) is 30.3 Å². The molecule has 35 heavy (non-hydrogen) atoms. The SMILES string of the molecule is CC(OC1OCC[C@@H](N2CCOCC2)[C@H]1c1ccccc1)c1cc(C(F)(F)F)cc(C(F)(F)F)c1. The Morgan fingerprint density at radius 2 is 1.49 bits per heavy atom. The quantitative estimate of drug-likeness (QED) is 0.466. The van der Waals surface area contributed by atoms with Crippen LogP contribution in [0.3, 0.4) is 0 Å². The molecular formula is C25H27F6NO3. The highest BCUT2D eigenvalue weighted by Crippen LogP contribution is 2.41. The first-order valence-electron chi connectivity index (χ1n) is 11.5. The van der Waals surface area contributed by atoms with Crippen LogP contribution in [0.25, 0.3) is 0 Å². The molecule has 0 radical (unpaired) electrons. The Balaban J connectivity index is 1.64. The molecule has 2 unspecified atom stereocenters. The van der Waals surface area contributed by atoms with Crippen LogP contribution >= 0.6 is 0 Å². The molecule has 2 aromatic rings. The molecule has 2 aliphatic heterocycles. The third-order valence-electron chi connectivity index (χ3n) is 6.52. The fraction of sp³-hybridized carbons (Fsp3) is 0.520. The number of hydrogen-bond acceptors (Lipinski definition) is 4. The summed E-state index contributed by atoms with van der Waals surface area (Å²) in [6, 6.07) is 11.1. The lowest BCUT2D eigenvalue weighted by molar-refractivity contribution is -0.213. The maximum Gasteiger partial charge on any atom is 0.416 e. The van der Waals surface area contributed by atoms with Gasteiger partial charge in [-0.2, -0.15) is 26.3 Å². The van der Waals surface area contributed by atoms with E-state index in [-0.39, 0.29) is 23.6 Å². The van der Waals surface area contributed by atoms with Gasteiger partial charge < -0.3 is 14.2 Å². The minimum absolute atomic E-state index is 0.0273. The van der Waals surface area contributed by atoms with Crippen molar-refractivity contribution in [3.63, 3.8) is 0 Å². The van der Waals surface area contributed by atoms with E-state index < -0.39 is 35.9 Å². The summed E-state index contributed by atoms with van der Waals surface area (Å²) in [6.45, 7) is 4.42. The molecule has 0 amide bonds. The molecule has 4 nitrogen and oxygen atoms in total. The predicted molar refractivity (Wildman–Crippen MR) is 116 cm³/mol. The van der Waals surface area contributed by atoms with E-state index >= 15 is 0 Å². The van der Waals surface area contributed by atoms with E-state index in [9.17, 15) is 26.3 Å². The maximum atomic E-state index is 13.4. The number of hydrogen-bond donors (Lipinski definition) is 0. The lowest BCUT2D eigenvalue weighted by Crippen LogP contribution is -2.52. The number of rotatable bonds is 5. The zero-order valence-electron chi connectivity index (χ0n) is 19.1. The molecule has 2 heterocycles. The van der Waals surface area contributed by atoms with E-state index in [2.05, 4.69) is 4.90 Å². The second-order valence-corrected chi connectivity index (χ2v) is 8.80. The second kappa shape index (κ2) is 10.5. The fourth-order valence-corrected chi connectivity index (χ4v) is 4.76. The normalized spacial score (nSPS) is 25.4. The van der Waals surface area contributed by atoms with Gasteiger partial charge in [-0.05, 0) is 42.7 Å². The highest BCUT2D eigenvalue weighted by molar-refractivity contribution is 5.35. The Bertz CT molecular complexity index is 943. The van der Waals surface area contributed by atoms with Crippen LogP contribution in [0.4, 0.5) is 26.3 Å². The van der Waals surface area contributed by atoms with Crippen molar-refractivity contribution in [2.24, 2.45) is 0 Å². The van der Waals surface area contributed by atoms with Crippen LogP contribution in [0.5, 0.6) is 0 Å². The van der Waals surface area contributed by atoms with Crippen molar-refractivity contribution >= 4 is 0 Å². The van der Waals surface area contributed by atoms with E-state index in [1.165, 1.54) is 6.92 Å². The van der Waals surface area contributed by atoms with Crippen molar-refractivity contribution in [1.82, 2.24) is 4.90 Å². The van der Waals surface area contributed by atoms with Crippen LogP contribution < -0.4 is 0 Å². The number of ether oxygens (including phenoxy) is 3. The Kier molecular flexibility index (Phi) is 7.75. The molecular weight excluding hydrogens is 476 g/mol. The molecule has 0 bridgehead atoms. The van der Waals surface area contributed by atoms with Crippen LogP contribution in [-0.2, 0) is 26.6 Å². The lowest BCUT2D eigenvalue weighted by atomic mass is 9.85. The lowest BCUT2D eigenvalue weighted by Gasteiger charge is -2.45. The highest BCUT2D eigenvalue weighted by atomic mass is 19.4. The Hall–Kier alpha value is -2.14. The van der Waals surface area contributed by atoms with Crippen LogP contribution in [0.15, 0.2) is 48.5 Å². The Labute approximate surface area is 199 Å². The molecule has 0 aromatic heterocycles. The summed E-state index contributed by atoms with van der Waals surface area (Å²) in [5.41, 5.74) is -2.02. The number of morpholine rings is 1. The van der Waals surface area contributed by atoms with Gasteiger partial charge in [-0.15, -0.1) is 0 Å².